The minimum atomic E-state index is -0.364. The minimum Gasteiger partial charge on any atom is -0.498 e. The van der Waals surface area contributed by atoms with Crippen LogP contribution < -0.4 is 0 Å². The van der Waals surface area contributed by atoms with E-state index in [1.807, 2.05) is 13.8 Å². The van der Waals surface area contributed by atoms with E-state index < -0.39 is 0 Å². The number of carbonyl (C=O) groups excluding carboxylic acids is 1. The van der Waals surface area contributed by atoms with E-state index in [9.17, 15) is 4.79 Å². The van der Waals surface area contributed by atoms with Crippen LogP contribution in [0, 0.1) is 11.3 Å². The smallest absolute Gasteiger partial charge is 0.335 e. The Balaban J connectivity index is 2.10. The zero-order valence-corrected chi connectivity index (χ0v) is 14.1. The number of hydrogen-bond donors (Lipinski definition) is 0. The highest BCUT2D eigenvalue weighted by molar-refractivity contribution is 5.94. The summed E-state index contributed by atoms with van der Waals surface area (Å²) in [6, 6.07) is 0. The number of nitrogens with zero attached hydrogens (tertiary/aromatic N) is 1. The summed E-state index contributed by atoms with van der Waals surface area (Å²) < 4.78 is 11.3. The van der Waals surface area contributed by atoms with Gasteiger partial charge in [0.1, 0.15) is 5.76 Å². The summed E-state index contributed by atoms with van der Waals surface area (Å²) in [6.45, 7) is 4.98. The molecule has 0 amide bonds. The molecule has 0 N–H and O–H groups in total. The fourth-order valence-electron chi connectivity index (χ4n) is 4.87. The van der Waals surface area contributed by atoms with Crippen molar-refractivity contribution in [3.63, 3.8) is 0 Å². The van der Waals surface area contributed by atoms with Crippen LogP contribution >= 0.6 is 0 Å². The molecular weight excluding hydrogens is 278 g/mol. The molecule has 0 heterocycles. The number of esters is 1. The average molecular weight is 305 g/mol. The van der Waals surface area contributed by atoms with Crippen molar-refractivity contribution in [1.82, 2.24) is 4.90 Å². The van der Waals surface area contributed by atoms with Gasteiger partial charge in [0.05, 0.1) is 29.7 Å². The molecule has 2 bridgehead atoms. The Morgan fingerprint density at radius 2 is 2.05 bits per heavy atom. The van der Waals surface area contributed by atoms with Crippen molar-refractivity contribution >= 4 is 5.97 Å². The van der Waals surface area contributed by atoms with Gasteiger partial charge in [-0.3, -0.25) is 4.90 Å². The fourth-order valence-corrected chi connectivity index (χ4v) is 4.87. The van der Waals surface area contributed by atoms with E-state index in [0.717, 1.165) is 24.2 Å². The van der Waals surface area contributed by atoms with Gasteiger partial charge in [-0.25, -0.2) is 4.79 Å². The first-order chi connectivity index (χ1) is 10.5. The van der Waals surface area contributed by atoms with E-state index in [-0.39, 0.29) is 16.9 Å². The molecule has 0 aromatic rings. The monoisotopic (exact) mass is 305 g/mol. The third kappa shape index (κ3) is 1.82. The van der Waals surface area contributed by atoms with Crippen LogP contribution in [0.25, 0.3) is 0 Å². The molecule has 0 aromatic heterocycles. The number of rotatable bonds is 5. The summed E-state index contributed by atoms with van der Waals surface area (Å²) in [5, 5.41) is 0. The standard InChI is InChI=1S/C18H27NO3/c1-5-21-15-12-18(19(3)4)13(16(20)22-6-2)11-17(15)10-8-7-9-14(17)18/h11-12,14H,5-10H2,1-4H3/t14-,17+,18-/m1/s1. The van der Waals surface area contributed by atoms with E-state index in [1.54, 1.807) is 0 Å². The Morgan fingerprint density at radius 3 is 2.68 bits per heavy atom. The molecular formula is C18H27NO3. The quantitative estimate of drug-likeness (QED) is 0.732. The summed E-state index contributed by atoms with van der Waals surface area (Å²) in [7, 11) is 4.12. The van der Waals surface area contributed by atoms with Crippen LogP contribution in [0.2, 0.25) is 0 Å². The molecule has 3 atom stereocenters. The third-order valence-electron chi connectivity index (χ3n) is 5.66. The van der Waals surface area contributed by atoms with E-state index >= 15 is 0 Å². The molecule has 122 valence electrons. The number of ether oxygens (including phenoxy) is 2. The summed E-state index contributed by atoms with van der Waals surface area (Å²) >= 11 is 0. The maximum Gasteiger partial charge on any atom is 0.335 e. The molecule has 0 aliphatic heterocycles. The first kappa shape index (κ1) is 15.6. The zero-order valence-electron chi connectivity index (χ0n) is 14.1. The van der Waals surface area contributed by atoms with Gasteiger partial charge in [0.15, 0.2) is 0 Å². The second-order valence-corrected chi connectivity index (χ2v) is 6.78. The van der Waals surface area contributed by atoms with Crippen LogP contribution in [-0.4, -0.2) is 43.7 Å². The van der Waals surface area contributed by atoms with Gasteiger partial charge in [0.2, 0.25) is 0 Å². The minimum absolute atomic E-state index is 0.0966. The van der Waals surface area contributed by atoms with Crippen LogP contribution in [0.15, 0.2) is 23.5 Å². The second kappa shape index (κ2) is 5.41. The zero-order chi connectivity index (χ0) is 16.0. The Hall–Kier alpha value is -1.29. The summed E-state index contributed by atoms with van der Waals surface area (Å²) in [5.74, 6) is 1.29. The van der Waals surface area contributed by atoms with Crippen LogP contribution in [0.3, 0.4) is 0 Å². The molecule has 0 aromatic carbocycles. The van der Waals surface area contributed by atoms with Gasteiger partial charge >= 0.3 is 5.97 Å². The molecule has 1 fully saturated rings. The van der Waals surface area contributed by atoms with Crippen LogP contribution in [0.1, 0.15) is 39.5 Å². The summed E-state index contributed by atoms with van der Waals surface area (Å²) in [5.41, 5.74) is 0.354. The Labute approximate surface area is 133 Å². The molecule has 0 spiro atoms. The van der Waals surface area contributed by atoms with Crippen LogP contribution in [0.4, 0.5) is 0 Å². The highest BCUT2D eigenvalue weighted by atomic mass is 16.5. The van der Waals surface area contributed by atoms with Gasteiger partial charge in [0, 0.05) is 5.92 Å². The van der Waals surface area contributed by atoms with Crippen molar-refractivity contribution in [1.29, 1.82) is 0 Å². The third-order valence-corrected chi connectivity index (χ3v) is 5.66. The first-order valence-corrected chi connectivity index (χ1v) is 8.47. The van der Waals surface area contributed by atoms with Crippen molar-refractivity contribution in [2.45, 2.75) is 45.1 Å². The van der Waals surface area contributed by atoms with E-state index in [2.05, 4.69) is 31.1 Å². The van der Waals surface area contributed by atoms with Gasteiger partial charge in [-0.1, -0.05) is 18.9 Å². The predicted octanol–water partition coefficient (Wildman–Crippen LogP) is 2.90. The van der Waals surface area contributed by atoms with Crippen molar-refractivity contribution < 1.29 is 14.3 Å². The maximum atomic E-state index is 12.6. The normalized spacial score (nSPS) is 36.0. The highest BCUT2D eigenvalue weighted by Crippen LogP contribution is 2.66. The molecule has 4 nitrogen and oxygen atoms in total. The van der Waals surface area contributed by atoms with Gasteiger partial charge in [-0.05, 0) is 46.9 Å². The molecule has 3 aliphatic carbocycles. The molecule has 22 heavy (non-hydrogen) atoms. The SMILES string of the molecule is CCOC(=O)C1=C[C@@]23CCCC[C@H]2[C@@]1(N(C)C)C=C3OCC. The van der Waals surface area contributed by atoms with Gasteiger partial charge in [-0.15, -0.1) is 0 Å². The summed E-state index contributed by atoms with van der Waals surface area (Å²) in [4.78, 5) is 14.7. The number of likely N-dealkylation sites (N-methyl/N-ethyl adjacent to an activating group) is 1. The van der Waals surface area contributed by atoms with Crippen LogP contribution in [0.5, 0.6) is 0 Å². The molecule has 4 heteroatoms. The lowest BCUT2D eigenvalue weighted by molar-refractivity contribution is -0.139. The predicted molar refractivity (Wildman–Crippen MR) is 85.2 cm³/mol. The largest absolute Gasteiger partial charge is 0.498 e. The molecule has 3 aliphatic rings. The van der Waals surface area contributed by atoms with E-state index in [4.69, 9.17) is 9.47 Å². The molecule has 0 radical (unpaired) electrons. The topological polar surface area (TPSA) is 38.8 Å². The summed E-state index contributed by atoms with van der Waals surface area (Å²) in [6.07, 6.45) is 9.00. The van der Waals surface area contributed by atoms with Gasteiger partial charge in [0.25, 0.3) is 0 Å². The fraction of sp³-hybridized carbons (Fsp3) is 0.722. The lowest BCUT2D eigenvalue weighted by atomic mass is 9.67. The van der Waals surface area contributed by atoms with Crippen molar-refractivity contribution in [2.75, 3.05) is 27.3 Å². The van der Waals surface area contributed by atoms with Gasteiger partial charge in [-0.2, -0.15) is 0 Å². The van der Waals surface area contributed by atoms with Crippen molar-refractivity contribution in [3.8, 4) is 0 Å². The Morgan fingerprint density at radius 1 is 1.27 bits per heavy atom. The maximum absolute atomic E-state index is 12.6. The first-order valence-electron chi connectivity index (χ1n) is 8.47. The van der Waals surface area contributed by atoms with Crippen molar-refractivity contribution in [3.05, 3.63) is 23.5 Å². The van der Waals surface area contributed by atoms with Crippen molar-refractivity contribution in [2.24, 2.45) is 11.3 Å². The van der Waals surface area contributed by atoms with E-state index in [0.29, 0.717) is 19.1 Å². The molecule has 3 rings (SSSR count). The Kier molecular flexibility index (Phi) is 3.84. The van der Waals surface area contributed by atoms with Crippen LogP contribution in [-0.2, 0) is 14.3 Å². The number of hydrogen-bond acceptors (Lipinski definition) is 4. The second-order valence-electron chi connectivity index (χ2n) is 6.78. The van der Waals surface area contributed by atoms with E-state index in [1.165, 1.54) is 12.8 Å². The molecule has 0 saturated heterocycles. The lowest BCUT2D eigenvalue weighted by Crippen LogP contribution is -2.50. The average Bonchev–Trinajstić information content (AvgIpc) is 2.95. The number of carbonyl (C=O) groups is 1. The lowest BCUT2D eigenvalue weighted by Gasteiger charge is -2.43. The molecule has 1 saturated carbocycles. The number of allylic oxidation sites excluding steroid dienone is 1. The Bertz CT molecular complexity index is 536. The van der Waals surface area contributed by atoms with Gasteiger partial charge < -0.3 is 9.47 Å². The molecule has 0 unspecified atom stereocenters. The highest BCUT2D eigenvalue weighted by Gasteiger charge is 2.66.